The fraction of sp³-hybridized carbons (Fsp3) is 0.263. The summed E-state index contributed by atoms with van der Waals surface area (Å²) < 4.78 is 59.3. The number of rotatable bonds is 7. The van der Waals surface area contributed by atoms with Crippen molar-refractivity contribution in [3.8, 4) is 0 Å². The second-order valence-electron chi connectivity index (χ2n) is 6.15. The maximum atomic E-state index is 13.1. The van der Waals surface area contributed by atoms with Crippen molar-refractivity contribution in [2.75, 3.05) is 37.2 Å². The van der Waals surface area contributed by atoms with Crippen LogP contribution in [0.1, 0.15) is 0 Å². The van der Waals surface area contributed by atoms with E-state index in [0.717, 1.165) is 0 Å². The summed E-state index contributed by atoms with van der Waals surface area (Å²) in [6.45, 7) is 4.98. The number of anilines is 1. The Hall–Kier alpha value is -2.20. The molecule has 7 nitrogen and oxygen atoms in total. The first-order valence-electron chi connectivity index (χ1n) is 8.74. The van der Waals surface area contributed by atoms with Crippen molar-refractivity contribution in [3.63, 3.8) is 0 Å². The fourth-order valence-electron chi connectivity index (χ4n) is 2.90. The molecule has 28 heavy (non-hydrogen) atoms. The molecule has 2 aromatic carbocycles. The van der Waals surface area contributed by atoms with Crippen LogP contribution in [0.4, 0.5) is 5.69 Å². The lowest BCUT2D eigenvalue weighted by molar-refractivity contribution is 0.0730. The number of hydrogen-bond donors (Lipinski definition) is 0. The summed E-state index contributed by atoms with van der Waals surface area (Å²) in [6.07, 6.45) is 1.50. The summed E-state index contributed by atoms with van der Waals surface area (Å²) in [5, 5.41) is 0. The highest BCUT2D eigenvalue weighted by Gasteiger charge is 2.28. The predicted octanol–water partition coefficient (Wildman–Crippen LogP) is 2.09. The van der Waals surface area contributed by atoms with Gasteiger partial charge >= 0.3 is 0 Å². The smallest absolute Gasteiger partial charge is 0.264 e. The van der Waals surface area contributed by atoms with Crippen molar-refractivity contribution in [1.82, 2.24) is 4.31 Å². The summed E-state index contributed by atoms with van der Waals surface area (Å²) in [6, 6.07) is 14.0. The maximum absolute atomic E-state index is 13.1. The van der Waals surface area contributed by atoms with Gasteiger partial charge in [0.05, 0.1) is 35.2 Å². The molecule has 0 bridgehead atoms. The third-order valence-electron chi connectivity index (χ3n) is 4.36. The van der Waals surface area contributed by atoms with Crippen LogP contribution < -0.4 is 4.31 Å². The molecule has 0 aromatic heterocycles. The minimum absolute atomic E-state index is 0.0131. The Kier molecular flexibility index (Phi) is 6.19. The van der Waals surface area contributed by atoms with Gasteiger partial charge in [-0.2, -0.15) is 4.31 Å². The lowest BCUT2D eigenvalue weighted by Gasteiger charge is -2.26. The van der Waals surface area contributed by atoms with Gasteiger partial charge in [0.25, 0.3) is 10.0 Å². The zero-order valence-electron chi connectivity index (χ0n) is 15.3. The maximum Gasteiger partial charge on any atom is 0.264 e. The molecule has 150 valence electrons. The van der Waals surface area contributed by atoms with Crippen LogP contribution in [-0.4, -0.2) is 54.0 Å². The number of benzene rings is 2. The van der Waals surface area contributed by atoms with E-state index in [1.165, 1.54) is 39.0 Å². The van der Waals surface area contributed by atoms with Gasteiger partial charge in [-0.25, -0.2) is 16.8 Å². The highest BCUT2D eigenvalue weighted by atomic mass is 32.2. The zero-order valence-corrected chi connectivity index (χ0v) is 16.9. The van der Waals surface area contributed by atoms with Gasteiger partial charge in [0.2, 0.25) is 10.0 Å². The van der Waals surface area contributed by atoms with Crippen molar-refractivity contribution in [2.45, 2.75) is 9.79 Å². The number of sulfonamides is 2. The van der Waals surface area contributed by atoms with Crippen molar-refractivity contribution >= 4 is 25.7 Å². The molecule has 1 saturated heterocycles. The van der Waals surface area contributed by atoms with E-state index in [1.807, 2.05) is 0 Å². The first-order chi connectivity index (χ1) is 13.4. The topological polar surface area (TPSA) is 84.0 Å². The minimum atomic E-state index is -3.87. The van der Waals surface area contributed by atoms with Gasteiger partial charge in [0.15, 0.2) is 0 Å². The van der Waals surface area contributed by atoms with Crippen molar-refractivity contribution in [2.24, 2.45) is 0 Å². The Morgan fingerprint density at radius 1 is 0.929 bits per heavy atom. The van der Waals surface area contributed by atoms with Crippen molar-refractivity contribution in [1.29, 1.82) is 0 Å². The monoisotopic (exact) mass is 422 g/mol. The van der Waals surface area contributed by atoms with Crippen LogP contribution in [0.15, 0.2) is 77.0 Å². The van der Waals surface area contributed by atoms with E-state index in [9.17, 15) is 16.8 Å². The highest BCUT2D eigenvalue weighted by Crippen LogP contribution is 2.25. The van der Waals surface area contributed by atoms with E-state index in [1.54, 1.807) is 30.3 Å². The van der Waals surface area contributed by atoms with Gasteiger partial charge in [0, 0.05) is 13.1 Å². The number of hydrogen-bond acceptors (Lipinski definition) is 5. The van der Waals surface area contributed by atoms with Crippen molar-refractivity contribution < 1.29 is 21.6 Å². The number of para-hydroxylation sites is 1. The molecule has 1 heterocycles. The Morgan fingerprint density at radius 2 is 1.50 bits per heavy atom. The van der Waals surface area contributed by atoms with E-state index in [-0.39, 0.29) is 29.4 Å². The van der Waals surface area contributed by atoms with Gasteiger partial charge in [-0.1, -0.05) is 24.3 Å². The summed E-state index contributed by atoms with van der Waals surface area (Å²) in [7, 11) is -7.55. The molecule has 0 unspecified atom stereocenters. The number of morpholine rings is 1. The fourth-order valence-corrected chi connectivity index (χ4v) is 5.74. The van der Waals surface area contributed by atoms with Gasteiger partial charge in [-0.05, 0) is 36.4 Å². The second-order valence-corrected chi connectivity index (χ2v) is 9.95. The summed E-state index contributed by atoms with van der Waals surface area (Å²) in [4.78, 5) is 0.0717. The molecule has 1 aliphatic rings. The molecule has 0 N–H and O–H groups in total. The molecule has 1 fully saturated rings. The molecule has 0 radical (unpaired) electrons. The van der Waals surface area contributed by atoms with Crippen LogP contribution in [0.2, 0.25) is 0 Å². The van der Waals surface area contributed by atoms with Gasteiger partial charge in [0.1, 0.15) is 0 Å². The van der Waals surface area contributed by atoms with Gasteiger partial charge < -0.3 is 4.74 Å². The molecule has 9 heteroatoms. The highest BCUT2D eigenvalue weighted by molar-refractivity contribution is 7.92. The molecule has 0 aliphatic carbocycles. The Labute approximate surface area is 166 Å². The second kappa shape index (κ2) is 8.44. The standard InChI is InChI=1S/C19H22N2O5S2/c1-2-12-21(17-6-4-3-5-7-17)28(24,25)19-10-8-18(9-11-19)27(22,23)20-13-15-26-16-14-20/h2-11H,1,12-16H2. The predicted molar refractivity (Wildman–Crippen MR) is 107 cm³/mol. The average molecular weight is 423 g/mol. The first-order valence-corrected chi connectivity index (χ1v) is 11.6. The zero-order chi connectivity index (χ0) is 20.2. The van der Waals surface area contributed by atoms with Crippen LogP contribution in [-0.2, 0) is 24.8 Å². The Bertz CT molecular complexity index is 1010. The molecule has 0 amide bonds. The summed E-state index contributed by atoms with van der Waals surface area (Å²) in [5.74, 6) is 0. The van der Waals surface area contributed by atoms with Crippen LogP contribution >= 0.6 is 0 Å². The van der Waals surface area contributed by atoms with Crippen molar-refractivity contribution in [3.05, 3.63) is 67.3 Å². The quantitative estimate of drug-likeness (QED) is 0.638. The largest absolute Gasteiger partial charge is 0.379 e. The third kappa shape index (κ3) is 4.12. The van der Waals surface area contributed by atoms with Crippen LogP contribution in [0.25, 0.3) is 0 Å². The molecule has 0 spiro atoms. The summed E-state index contributed by atoms with van der Waals surface area (Å²) >= 11 is 0. The van der Waals surface area contributed by atoms with Crippen LogP contribution in [0.5, 0.6) is 0 Å². The molecule has 2 aromatic rings. The molecule has 3 rings (SSSR count). The normalized spacial score (nSPS) is 15.9. The Balaban J connectivity index is 1.92. The van der Waals surface area contributed by atoms with E-state index < -0.39 is 20.0 Å². The van der Waals surface area contributed by atoms with Crippen LogP contribution in [0.3, 0.4) is 0 Å². The lowest BCUT2D eigenvalue weighted by Crippen LogP contribution is -2.40. The van der Waals surface area contributed by atoms with Crippen LogP contribution in [0, 0.1) is 0 Å². The first kappa shape index (κ1) is 20.5. The summed E-state index contributed by atoms with van der Waals surface area (Å²) in [5.41, 5.74) is 0.507. The third-order valence-corrected chi connectivity index (χ3v) is 8.08. The molecule has 0 atom stereocenters. The molecule has 0 saturated carbocycles. The SMILES string of the molecule is C=CCN(c1ccccc1)S(=O)(=O)c1ccc(S(=O)(=O)N2CCOCC2)cc1. The number of nitrogens with zero attached hydrogens (tertiary/aromatic N) is 2. The van der Waals surface area contributed by atoms with E-state index in [0.29, 0.717) is 18.9 Å². The minimum Gasteiger partial charge on any atom is -0.379 e. The average Bonchev–Trinajstić information content (AvgIpc) is 2.73. The molecular weight excluding hydrogens is 400 g/mol. The molecule has 1 aliphatic heterocycles. The van der Waals surface area contributed by atoms with E-state index in [4.69, 9.17) is 4.74 Å². The lowest BCUT2D eigenvalue weighted by atomic mass is 10.3. The van der Waals surface area contributed by atoms with E-state index >= 15 is 0 Å². The van der Waals surface area contributed by atoms with E-state index in [2.05, 4.69) is 6.58 Å². The van der Waals surface area contributed by atoms with Gasteiger partial charge in [-0.3, -0.25) is 4.31 Å². The molecular formula is C19H22N2O5S2. The van der Waals surface area contributed by atoms with Gasteiger partial charge in [-0.15, -0.1) is 6.58 Å². The number of ether oxygens (including phenoxy) is 1. The Morgan fingerprint density at radius 3 is 2.07 bits per heavy atom.